The van der Waals surface area contributed by atoms with Crippen LogP contribution in [0.4, 0.5) is 5.82 Å². The third-order valence-corrected chi connectivity index (χ3v) is 3.25. The SMILES string of the molecule is CC(C)Oc1cc(NCC2CC2(C)C)ncn1. The summed E-state index contributed by atoms with van der Waals surface area (Å²) in [5, 5.41) is 3.34. The van der Waals surface area contributed by atoms with Crippen molar-refractivity contribution in [3.8, 4) is 5.88 Å². The van der Waals surface area contributed by atoms with E-state index in [9.17, 15) is 0 Å². The zero-order chi connectivity index (χ0) is 12.5. The smallest absolute Gasteiger partial charge is 0.218 e. The van der Waals surface area contributed by atoms with Gasteiger partial charge in [0.05, 0.1) is 6.10 Å². The van der Waals surface area contributed by atoms with Gasteiger partial charge in [-0.3, -0.25) is 0 Å². The normalized spacial score (nSPS) is 21.4. The minimum atomic E-state index is 0.139. The van der Waals surface area contributed by atoms with Crippen LogP contribution >= 0.6 is 0 Å². The highest BCUT2D eigenvalue weighted by atomic mass is 16.5. The van der Waals surface area contributed by atoms with E-state index in [0.29, 0.717) is 11.3 Å². The number of nitrogens with one attached hydrogen (secondary N) is 1. The van der Waals surface area contributed by atoms with E-state index in [4.69, 9.17) is 4.74 Å². The predicted octanol–water partition coefficient (Wildman–Crippen LogP) is 2.72. The van der Waals surface area contributed by atoms with Crippen LogP contribution in [0.1, 0.15) is 34.1 Å². The Hall–Kier alpha value is -1.32. The molecular weight excluding hydrogens is 214 g/mol. The molecule has 1 unspecified atom stereocenters. The van der Waals surface area contributed by atoms with Crippen LogP contribution in [0.15, 0.2) is 12.4 Å². The molecule has 1 atom stereocenters. The van der Waals surface area contributed by atoms with Gasteiger partial charge in [-0.05, 0) is 31.6 Å². The fourth-order valence-corrected chi connectivity index (χ4v) is 1.89. The Morgan fingerprint density at radius 2 is 2.18 bits per heavy atom. The fourth-order valence-electron chi connectivity index (χ4n) is 1.89. The van der Waals surface area contributed by atoms with E-state index in [1.165, 1.54) is 12.7 Å². The highest BCUT2D eigenvalue weighted by Gasteiger charge is 2.44. The average molecular weight is 235 g/mol. The number of rotatable bonds is 5. The van der Waals surface area contributed by atoms with Crippen molar-refractivity contribution in [2.75, 3.05) is 11.9 Å². The fraction of sp³-hybridized carbons (Fsp3) is 0.692. The molecule has 0 saturated heterocycles. The van der Waals surface area contributed by atoms with Gasteiger partial charge in [-0.15, -0.1) is 0 Å². The van der Waals surface area contributed by atoms with Crippen LogP contribution in [0.5, 0.6) is 5.88 Å². The molecule has 1 fully saturated rings. The zero-order valence-corrected chi connectivity index (χ0v) is 11.0. The van der Waals surface area contributed by atoms with Crippen LogP contribution in [-0.2, 0) is 0 Å². The van der Waals surface area contributed by atoms with Crippen LogP contribution in [0.25, 0.3) is 0 Å². The van der Waals surface area contributed by atoms with Gasteiger partial charge in [-0.2, -0.15) is 0 Å². The number of anilines is 1. The Kier molecular flexibility index (Phi) is 3.22. The van der Waals surface area contributed by atoms with Crippen molar-refractivity contribution in [3.63, 3.8) is 0 Å². The molecule has 0 radical (unpaired) electrons. The molecule has 0 bridgehead atoms. The Balaban J connectivity index is 1.88. The van der Waals surface area contributed by atoms with Crippen molar-refractivity contribution in [3.05, 3.63) is 12.4 Å². The predicted molar refractivity (Wildman–Crippen MR) is 68.2 cm³/mol. The van der Waals surface area contributed by atoms with Gasteiger partial charge in [0.1, 0.15) is 12.1 Å². The Morgan fingerprint density at radius 3 is 2.76 bits per heavy atom. The molecule has 1 N–H and O–H groups in total. The number of aromatic nitrogens is 2. The lowest BCUT2D eigenvalue weighted by Crippen LogP contribution is -2.10. The summed E-state index contributed by atoms with van der Waals surface area (Å²) in [5.74, 6) is 2.23. The lowest BCUT2D eigenvalue weighted by molar-refractivity contribution is 0.232. The summed E-state index contributed by atoms with van der Waals surface area (Å²) in [4.78, 5) is 8.27. The quantitative estimate of drug-likeness (QED) is 0.852. The van der Waals surface area contributed by atoms with Gasteiger partial charge in [0.2, 0.25) is 5.88 Å². The van der Waals surface area contributed by atoms with Crippen molar-refractivity contribution in [1.82, 2.24) is 9.97 Å². The summed E-state index contributed by atoms with van der Waals surface area (Å²) in [6.07, 6.45) is 2.97. The lowest BCUT2D eigenvalue weighted by atomic mass is 10.1. The van der Waals surface area contributed by atoms with Crippen molar-refractivity contribution in [1.29, 1.82) is 0 Å². The molecule has 4 nitrogen and oxygen atoms in total. The molecule has 4 heteroatoms. The third kappa shape index (κ3) is 3.32. The number of hydrogen-bond acceptors (Lipinski definition) is 4. The topological polar surface area (TPSA) is 47.0 Å². The summed E-state index contributed by atoms with van der Waals surface area (Å²) >= 11 is 0. The Morgan fingerprint density at radius 1 is 1.47 bits per heavy atom. The van der Waals surface area contributed by atoms with E-state index in [0.717, 1.165) is 18.3 Å². The molecule has 1 aliphatic rings. The molecule has 0 aromatic carbocycles. The maximum Gasteiger partial charge on any atom is 0.218 e. The maximum atomic E-state index is 5.53. The van der Waals surface area contributed by atoms with E-state index in [2.05, 4.69) is 29.1 Å². The first-order valence-corrected chi connectivity index (χ1v) is 6.20. The van der Waals surface area contributed by atoms with Gasteiger partial charge in [0.25, 0.3) is 0 Å². The highest BCUT2D eigenvalue weighted by molar-refractivity contribution is 5.37. The van der Waals surface area contributed by atoms with Crippen LogP contribution < -0.4 is 10.1 Å². The first-order chi connectivity index (χ1) is 7.97. The molecule has 94 valence electrons. The van der Waals surface area contributed by atoms with Crippen LogP contribution in [0.2, 0.25) is 0 Å². The Bertz CT molecular complexity index is 390. The van der Waals surface area contributed by atoms with Gasteiger partial charge < -0.3 is 10.1 Å². The number of nitrogens with zero attached hydrogens (tertiary/aromatic N) is 2. The third-order valence-electron chi connectivity index (χ3n) is 3.25. The van der Waals surface area contributed by atoms with Crippen LogP contribution in [0.3, 0.4) is 0 Å². The van der Waals surface area contributed by atoms with E-state index in [1.54, 1.807) is 0 Å². The molecule has 1 aromatic heterocycles. The Labute approximate surface area is 103 Å². The van der Waals surface area contributed by atoms with Crippen LogP contribution in [-0.4, -0.2) is 22.6 Å². The molecule has 1 aliphatic carbocycles. The van der Waals surface area contributed by atoms with Gasteiger partial charge in [0.15, 0.2) is 0 Å². The van der Waals surface area contributed by atoms with Gasteiger partial charge in [-0.25, -0.2) is 9.97 Å². The van der Waals surface area contributed by atoms with Crippen molar-refractivity contribution in [2.24, 2.45) is 11.3 Å². The number of hydrogen-bond donors (Lipinski definition) is 1. The summed E-state index contributed by atoms with van der Waals surface area (Å²) in [6, 6.07) is 1.86. The molecule has 17 heavy (non-hydrogen) atoms. The summed E-state index contributed by atoms with van der Waals surface area (Å²) in [6.45, 7) is 9.55. The van der Waals surface area contributed by atoms with Gasteiger partial charge in [0, 0.05) is 12.6 Å². The maximum absolute atomic E-state index is 5.53. The molecule has 0 spiro atoms. The zero-order valence-electron chi connectivity index (χ0n) is 11.0. The van der Waals surface area contributed by atoms with E-state index < -0.39 is 0 Å². The average Bonchev–Trinajstić information content (AvgIpc) is 2.83. The van der Waals surface area contributed by atoms with Crippen molar-refractivity contribution >= 4 is 5.82 Å². The van der Waals surface area contributed by atoms with E-state index >= 15 is 0 Å². The standard InChI is InChI=1S/C13H21N3O/c1-9(2)17-12-5-11(15-8-16-12)14-7-10-6-13(10,3)4/h5,8-10H,6-7H2,1-4H3,(H,14,15,16). The highest BCUT2D eigenvalue weighted by Crippen LogP contribution is 2.51. The van der Waals surface area contributed by atoms with Gasteiger partial charge >= 0.3 is 0 Å². The summed E-state index contributed by atoms with van der Waals surface area (Å²) in [5.41, 5.74) is 0.497. The molecule has 1 aromatic rings. The lowest BCUT2D eigenvalue weighted by Gasteiger charge is -2.10. The monoisotopic (exact) mass is 235 g/mol. The van der Waals surface area contributed by atoms with E-state index in [1.807, 2.05) is 19.9 Å². The van der Waals surface area contributed by atoms with Gasteiger partial charge in [-0.1, -0.05) is 13.8 Å². The second kappa shape index (κ2) is 4.51. The van der Waals surface area contributed by atoms with Crippen LogP contribution in [0, 0.1) is 11.3 Å². The van der Waals surface area contributed by atoms with E-state index in [-0.39, 0.29) is 6.10 Å². The summed E-state index contributed by atoms with van der Waals surface area (Å²) < 4.78 is 5.53. The molecule has 2 rings (SSSR count). The molecule has 1 heterocycles. The minimum Gasteiger partial charge on any atom is -0.475 e. The van der Waals surface area contributed by atoms with Crippen molar-refractivity contribution in [2.45, 2.75) is 40.2 Å². The summed E-state index contributed by atoms with van der Waals surface area (Å²) in [7, 11) is 0. The first kappa shape index (κ1) is 12.1. The minimum absolute atomic E-state index is 0.139. The second-order valence-corrected chi connectivity index (χ2v) is 5.68. The first-order valence-electron chi connectivity index (χ1n) is 6.20. The molecule has 0 aliphatic heterocycles. The second-order valence-electron chi connectivity index (χ2n) is 5.68. The van der Waals surface area contributed by atoms with Crippen molar-refractivity contribution < 1.29 is 4.74 Å². The molecular formula is C13H21N3O. The molecule has 1 saturated carbocycles. The largest absolute Gasteiger partial charge is 0.475 e. The molecule has 0 amide bonds. The number of ether oxygens (including phenoxy) is 1.